The Hall–Kier alpha value is -3.42. The number of nitrogens with zero attached hydrogens (tertiary/aromatic N) is 2. The van der Waals surface area contributed by atoms with Gasteiger partial charge in [-0.15, -0.1) is 0 Å². The van der Waals surface area contributed by atoms with Crippen LogP contribution in [-0.2, 0) is 4.79 Å². The van der Waals surface area contributed by atoms with Crippen LogP contribution in [0.4, 0.5) is 14.6 Å². The van der Waals surface area contributed by atoms with Gasteiger partial charge >= 0.3 is 0 Å². The van der Waals surface area contributed by atoms with Crippen LogP contribution in [0.1, 0.15) is 23.6 Å². The molecule has 3 aromatic rings. The number of fused-ring (bicyclic) bond motifs is 1. The van der Waals surface area contributed by atoms with Crippen LogP contribution in [0.15, 0.2) is 42.7 Å². The maximum absolute atomic E-state index is 14.2. The van der Waals surface area contributed by atoms with Gasteiger partial charge in [0.05, 0.1) is 18.5 Å². The van der Waals surface area contributed by atoms with Crippen molar-refractivity contribution >= 4 is 11.7 Å². The highest BCUT2D eigenvalue weighted by Crippen LogP contribution is 2.40. The van der Waals surface area contributed by atoms with Crippen molar-refractivity contribution in [3.8, 4) is 17.2 Å². The molecule has 2 heterocycles. The van der Waals surface area contributed by atoms with Crippen molar-refractivity contribution in [1.29, 1.82) is 0 Å². The maximum atomic E-state index is 14.2. The van der Waals surface area contributed by atoms with Crippen LogP contribution in [0.5, 0.6) is 11.5 Å². The fraction of sp³-hybridized carbons (Fsp3) is 0.158. The molecule has 0 saturated carbocycles. The summed E-state index contributed by atoms with van der Waals surface area (Å²) >= 11 is 0. The van der Waals surface area contributed by atoms with E-state index in [1.165, 1.54) is 24.1 Å². The van der Waals surface area contributed by atoms with Crippen LogP contribution in [0.3, 0.4) is 0 Å². The Balaban J connectivity index is 1.82. The predicted octanol–water partition coefficient (Wildman–Crippen LogP) is 3.34. The van der Waals surface area contributed by atoms with Crippen molar-refractivity contribution in [2.75, 3.05) is 12.4 Å². The number of methoxy groups -OCH3 is 1. The Labute approximate surface area is 153 Å². The number of aromatic hydroxyl groups is 1. The number of anilines is 1. The summed E-state index contributed by atoms with van der Waals surface area (Å²) in [6.07, 6.45) is 1.45. The Morgan fingerprint density at radius 2 is 2.07 bits per heavy atom. The molecule has 4 rings (SSSR count). The van der Waals surface area contributed by atoms with Crippen molar-refractivity contribution in [3.05, 3.63) is 65.6 Å². The fourth-order valence-electron chi connectivity index (χ4n) is 3.26. The molecule has 8 heteroatoms. The Bertz CT molecular complexity index is 1050. The zero-order valence-electron chi connectivity index (χ0n) is 14.2. The zero-order chi connectivity index (χ0) is 19.1. The van der Waals surface area contributed by atoms with Crippen LogP contribution in [0.2, 0.25) is 0 Å². The van der Waals surface area contributed by atoms with E-state index in [1.54, 1.807) is 12.1 Å². The molecular weight excluding hydrogens is 356 g/mol. The second-order valence-electron chi connectivity index (χ2n) is 6.18. The largest absolute Gasteiger partial charge is 0.504 e. The average molecular weight is 371 g/mol. The van der Waals surface area contributed by atoms with Gasteiger partial charge in [-0.1, -0.05) is 6.07 Å². The zero-order valence-corrected chi connectivity index (χ0v) is 14.2. The number of carbonyl (C=O) groups excluding carboxylic acids is 1. The van der Waals surface area contributed by atoms with Crippen molar-refractivity contribution in [2.45, 2.75) is 12.3 Å². The fourth-order valence-corrected chi connectivity index (χ4v) is 3.26. The van der Waals surface area contributed by atoms with E-state index >= 15 is 0 Å². The quantitative estimate of drug-likeness (QED) is 0.740. The summed E-state index contributed by atoms with van der Waals surface area (Å²) < 4.78 is 34.1. The van der Waals surface area contributed by atoms with E-state index in [-0.39, 0.29) is 29.6 Å². The number of ether oxygens (including phenoxy) is 1. The van der Waals surface area contributed by atoms with Crippen LogP contribution in [0, 0.1) is 11.6 Å². The van der Waals surface area contributed by atoms with Crippen LogP contribution in [-0.4, -0.2) is 27.7 Å². The van der Waals surface area contributed by atoms with E-state index in [9.17, 15) is 18.7 Å². The highest BCUT2D eigenvalue weighted by Gasteiger charge is 2.32. The van der Waals surface area contributed by atoms with Crippen molar-refractivity contribution in [2.24, 2.45) is 0 Å². The minimum Gasteiger partial charge on any atom is -0.504 e. The lowest BCUT2D eigenvalue weighted by atomic mass is 9.89. The van der Waals surface area contributed by atoms with E-state index in [1.807, 2.05) is 0 Å². The highest BCUT2D eigenvalue weighted by molar-refractivity contribution is 5.94. The molecule has 1 aromatic heterocycles. The highest BCUT2D eigenvalue weighted by atomic mass is 19.1. The minimum absolute atomic E-state index is 0.0534. The SMILES string of the molecule is COc1ccc([C@H]2CC(=O)Nc3c2ncn3-c2cc(F)ccc2F)cc1O. The molecule has 1 atom stereocenters. The predicted molar refractivity (Wildman–Crippen MR) is 93.2 cm³/mol. The van der Waals surface area contributed by atoms with Crippen LogP contribution < -0.4 is 10.1 Å². The Morgan fingerprint density at radius 1 is 1.26 bits per heavy atom. The van der Waals surface area contributed by atoms with Crippen LogP contribution in [0.25, 0.3) is 5.69 Å². The first-order chi connectivity index (χ1) is 13.0. The van der Waals surface area contributed by atoms with Crippen LogP contribution >= 0.6 is 0 Å². The van der Waals surface area contributed by atoms with Gasteiger partial charge in [0.15, 0.2) is 11.5 Å². The molecule has 0 fully saturated rings. The molecule has 27 heavy (non-hydrogen) atoms. The molecule has 1 amide bonds. The van der Waals surface area contributed by atoms with Crippen molar-refractivity contribution in [3.63, 3.8) is 0 Å². The van der Waals surface area contributed by atoms with E-state index in [0.29, 0.717) is 17.0 Å². The maximum Gasteiger partial charge on any atom is 0.226 e. The molecule has 6 nitrogen and oxygen atoms in total. The summed E-state index contributed by atoms with van der Waals surface area (Å²) in [6, 6.07) is 7.90. The molecule has 0 saturated heterocycles. The summed E-state index contributed by atoms with van der Waals surface area (Å²) in [5.41, 5.74) is 1.11. The number of imidazole rings is 1. The second kappa shape index (κ2) is 6.39. The molecule has 2 aromatic carbocycles. The summed E-state index contributed by atoms with van der Waals surface area (Å²) in [4.78, 5) is 16.6. The standard InChI is InChI=1S/C19H15F2N3O3/c1-27-16-5-2-10(6-15(16)25)12-8-17(26)23-19-18(12)22-9-24(19)14-7-11(20)3-4-13(14)21/h2-7,9,12,25H,8H2,1H3,(H,23,26)/t12-/m1/s1. The molecule has 0 spiro atoms. The van der Waals surface area contributed by atoms with Gasteiger partial charge in [0.1, 0.15) is 23.8 Å². The molecule has 0 radical (unpaired) electrons. The lowest BCUT2D eigenvalue weighted by molar-refractivity contribution is -0.116. The van der Waals surface area contributed by atoms with E-state index in [0.717, 1.165) is 18.2 Å². The van der Waals surface area contributed by atoms with Gasteiger partial charge in [-0.2, -0.15) is 0 Å². The number of aromatic nitrogens is 2. The van der Waals surface area contributed by atoms with Gasteiger partial charge in [0.2, 0.25) is 5.91 Å². The smallest absolute Gasteiger partial charge is 0.226 e. The Morgan fingerprint density at radius 3 is 2.81 bits per heavy atom. The Kier molecular flexibility index (Phi) is 4.02. The van der Waals surface area contributed by atoms with Gasteiger partial charge in [0, 0.05) is 18.4 Å². The number of halogens is 2. The first-order valence-corrected chi connectivity index (χ1v) is 8.17. The monoisotopic (exact) mass is 371 g/mol. The normalized spacial score (nSPS) is 16.0. The molecular formula is C19H15F2N3O3. The molecule has 2 N–H and O–H groups in total. The lowest BCUT2D eigenvalue weighted by Crippen LogP contribution is -2.25. The van der Waals surface area contributed by atoms with Gasteiger partial charge in [-0.05, 0) is 29.8 Å². The number of hydrogen-bond donors (Lipinski definition) is 2. The minimum atomic E-state index is -0.643. The molecule has 1 aliphatic rings. The number of amides is 1. The van der Waals surface area contributed by atoms with Crippen molar-refractivity contribution in [1.82, 2.24) is 9.55 Å². The molecule has 1 aliphatic heterocycles. The third-order valence-electron chi connectivity index (χ3n) is 4.55. The number of rotatable bonds is 3. The number of hydrogen-bond acceptors (Lipinski definition) is 4. The number of benzene rings is 2. The van der Waals surface area contributed by atoms with E-state index in [2.05, 4.69) is 10.3 Å². The molecule has 138 valence electrons. The average Bonchev–Trinajstić information content (AvgIpc) is 3.06. The first kappa shape index (κ1) is 17.0. The van der Waals surface area contributed by atoms with Gasteiger partial charge in [0.25, 0.3) is 0 Å². The topological polar surface area (TPSA) is 76.4 Å². The summed E-state index contributed by atoms with van der Waals surface area (Å²) in [5, 5.41) is 12.7. The lowest BCUT2D eigenvalue weighted by Gasteiger charge is -2.23. The van der Waals surface area contributed by atoms with Gasteiger partial charge in [-0.25, -0.2) is 13.8 Å². The molecule has 0 bridgehead atoms. The summed E-state index contributed by atoms with van der Waals surface area (Å²) in [5.74, 6) is -1.45. The number of phenols is 1. The van der Waals surface area contributed by atoms with Crippen molar-refractivity contribution < 1.29 is 23.4 Å². The second-order valence-corrected chi connectivity index (χ2v) is 6.18. The van der Waals surface area contributed by atoms with E-state index in [4.69, 9.17) is 4.74 Å². The number of carbonyl (C=O) groups is 1. The summed E-state index contributed by atoms with van der Waals surface area (Å²) in [7, 11) is 1.44. The summed E-state index contributed by atoms with van der Waals surface area (Å²) in [6.45, 7) is 0. The van der Waals surface area contributed by atoms with Gasteiger partial charge in [-0.3, -0.25) is 9.36 Å². The third-order valence-corrected chi connectivity index (χ3v) is 4.55. The van der Waals surface area contributed by atoms with Gasteiger partial charge < -0.3 is 15.2 Å². The number of phenolic OH excluding ortho intramolecular Hbond substituents is 1. The molecule has 0 unspecified atom stereocenters. The first-order valence-electron chi connectivity index (χ1n) is 8.17. The van der Waals surface area contributed by atoms with E-state index < -0.39 is 17.6 Å². The number of nitrogens with one attached hydrogen (secondary N) is 1. The molecule has 0 aliphatic carbocycles. The third kappa shape index (κ3) is 2.88.